The first-order chi connectivity index (χ1) is 8.65. The van der Waals surface area contributed by atoms with Gasteiger partial charge < -0.3 is 10.5 Å². The quantitative estimate of drug-likeness (QED) is 0.846. The lowest BCUT2D eigenvalue weighted by molar-refractivity contribution is 0.299. The Kier molecular flexibility index (Phi) is 4.10. The molecule has 0 amide bonds. The zero-order chi connectivity index (χ0) is 13.0. The van der Waals surface area contributed by atoms with E-state index in [0.717, 1.165) is 24.3 Å². The van der Waals surface area contributed by atoms with Gasteiger partial charge in [0.15, 0.2) is 0 Å². The van der Waals surface area contributed by atoms with E-state index in [1.54, 1.807) is 10.7 Å². The number of benzene rings is 1. The standard InChI is InChI=1S/C13H16ClN3O/c1-10-3-4-12(11(14)9-10)18-8-2-6-17-7-5-13(15)16-17/h3-5,7,9H,2,6,8H2,1H3,(H2,15,16). The first-order valence-electron chi connectivity index (χ1n) is 5.83. The minimum atomic E-state index is 0.539. The fourth-order valence-electron chi connectivity index (χ4n) is 1.63. The fraction of sp³-hybridized carbons (Fsp3) is 0.308. The third kappa shape index (κ3) is 3.40. The van der Waals surface area contributed by atoms with Crippen LogP contribution in [0.15, 0.2) is 30.5 Å². The maximum Gasteiger partial charge on any atom is 0.145 e. The topological polar surface area (TPSA) is 53.1 Å². The number of aryl methyl sites for hydroxylation is 2. The van der Waals surface area contributed by atoms with Gasteiger partial charge in [-0.25, -0.2) is 0 Å². The molecule has 0 radical (unpaired) electrons. The minimum absolute atomic E-state index is 0.539. The summed E-state index contributed by atoms with van der Waals surface area (Å²) < 4.78 is 7.42. The van der Waals surface area contributed by atoms with Gasteiger partial charge in [-0.1, -0.05) is 17.7 Å². The molecule has 0 aliphatic rings. The van der Waals surface area contributed by atoms with Crippen molar-refractivity contribution in [1.82, 2.24) is 9.78 Å². The normalized spacial score (nSPS) is 10.6. The van der Waals surface area contributed by atoms with Crippen molar-refractivity contribution in [3.8, 4) is 5.75 Å². The average molecular weight is 266 g/mol. The van der Waals surface area contributed by atoms with Crippen molar-refractivity contribution in [2.24, 2.45) is 0 Å². The molecule has 0 atom stereocenters. The van der Waals surface area contributed by atoms with Crippen molar-refractivity contribution in [2.45, 2.75) is 19.9 Å². The van der Waals surface area contributed by atoms with Gasteiger partial charge in [-0.05, 0) is 30.7 Å². The van der Waals surface area contributed by atoms with Crippen LogP contribution in [0.25, 0.3) is 0 Å². The van der Waals surface area contributed by atoms with Gasteiger partial charge in [-0.2, -0.15) is 5.10 Å². The molecule has 4 nitrogen and oxygen atoms in total. The molecule has 0 aliphatic heterocycles. The Morgan fingerprint density at radius 3 is 2.89 bits per heavy atom. The molecule has 0 fully saturated rings. The molecule has 0 saturated carbocycles. The number of aromatic nitrogens is 2. The summed E-state index contributed by atoms with van der Waals surface area (Å²) in [4.78, 5) is 0. The van der Waals surface area contributed by atoms with Crippen LogP contribution in [0.2, 0.25) is 5.02 Å². The van der Waals surface area contributed by atoms with Gasteiger partial charge >= 0.3 is 0 Å². The van der Waals surface area contributed by atoms with Crippen molar-refractivity contribution in [2.75, 3.05) is 12.3 Å². The summed E-state index contributed by atoms with van der Waals surface area (Å²) in [5.74, 6) is 1.26. The van der Waals surface area contributed by atoms with Crippen molar-refractivity contribution < 1.29 is 4.74 Å². The summed E-state index contributed by atoms with van der Waals surface area (Å²) in [6.45, 7) is 3.38. The number of hydrogen-bond acceptors (Lipinski definition) is 3. The Hall–Kier alpha value is -1.68. The van der Waals surface area contributed by atoms with Crippen LogP contribution in [-0.2, 0) is 6.54 Å². The molecule has 0 bridgehead atoms. The molecule has 1 aromatic heterocycles. The van der Waals surface area contributed by atoms with E-state index in [2.05, 4.69) is 5.10 Å². The summed E-state index contributed by atoms with van der Waals surface area (Å²) in [5, 5.41) is 4.75. The Balaban J connectivity index is 1.78. The van der Waals surface area contributed by atoms with E-state index in [9.17, 15) is 0 Å². The molecule has 0 unspecified atom stereocenters. The molecule has 5 heteroatoms. The summed E-state index contributed by atoms with van der Waals surface area (Å²) in [6.07, 6.45) is 2.71. The zero-order valence-corrected chi connectivity index (χ0v) is 11.0. The van der Waals surface area contributed by atoms with E-state index < -0.39 is 0 Å². The van der Waals surface area contributed by atoms with Gasteiger partial charge in [0.2, 0.25) is 0 Å². The van der Waals surface area contributed by atoms with Crippen LogP contribution < -0.4 is 10.5 Å². The number of nitrogens with two attached hydrogens (primary N) is 1. The zero-order valence-electron chi connectivity index (χ0n) is 10.3. The largest absolute Gasteiger partial charge is 0.492 e. The van der Waals surface area contributed by atoms with E-state index in [-0.39, 0.29) is 0 Å². The fourth-order valence-corrected chi connectivity index (χ4v) is 1.92. The van der Waals surface area contributed by atoms with Crippen LogP contribution in [0.3, 0.4) is 0 Å². The average Bonchev–Trinajstić information content (AvgIpc) is 2.73. The van der Waals surface area contributed by atoms with Gasteiger partial charge in [0, 0.05) is 19.2 Å². The monoisotopic (exact) mass is 265 g/mol. The highest BCUT2D eigenvalue weighted by Gasteiger charge is 2.01. The number of ether oxygens (including phenoxy) is 1. The molecule has 2 N–H and O–H groups in total. The van der Waals surface area contributed by atoms with E-state index in [0.29, 0.717) is 17.4 Å². The van der Waals surface area contributed by atoms with E-state index >= 15 is 0 Å². The number of nitrogen functional groups attached to an aromatic ring is 1. The molecule has 1 aromatic carbocycles. The van der Waals surface area contributed by atoms with Crippen LogP contribution in [-0.4, -0.2) is 16.4 Å². The third-order valence-electron chi connectivity index (χ3n) is 2.54. The lowest BCUT2D eigenvalue weighted by Crippen LogP contribution is -2.05. The second kappa shape index (κ2) is 5.78. The Morgan fingerprint density at radius 2 is 2.22 bits per heavy atom. The van der Waals surface area contributed by atoms with Crippen molar-refractivity contribution >= 4 is 17.4 Å². The molecule has 18 heavy (non-hydrogen) atoms. The minimum Gasteiger partial charge on any atom is -0.492 e. The predicted octanol–water partition coefficient (Wildman–Crippen LogP) is 2.90. The van der Waals surface area contributed by atoms with Crippen LogP contribution >= 0.6 is 11.6 Å². The molecular formula is C13H16ClN3O. The molecule has 0 saturated heterocycles. The number of halogens is 1. The SMILES string of the molecule is Cc1ccc(OCCCn2ccc(N)n2)c(Cl)c1. The number of rotatable bonds is 5. The number of nitrogens with zero attached hydrogens (tertiary/aromatic N) is 2. The molecule has 0 aliphatic carbocycles. The maximum atomic E-state index is 6.07. The third-order valence-corrected chi connectivity index (χ3v) is 2.83. The van der Waals surface area contributed by atoms with E-state index in [1.165, 1.54) is 0 Å². The number of hydrogen-bond donors (Lipinski definition) is 1. The van der Waals surface area contributed by atoms with Gasteiger partial charge in [-0.15, -0.1) is 0 Å². The van der Waals surface area contributed by atoms with Crippen LogP contribution in [0.5, 0.6) is 5.75 Å². The van der Waals surface area contributed by atoms with Gasteiger partial charge in [0.1, 0.15) is 11.6 Å². The van der Waals surface area contributed by atoms with Crippen LogP contribution in [0.4, 0.5) is 5.82 Å². The van der Waals surface area contributed by atoms with E-state index in [1.807, 2.05) is 31.3 Å². The molecule has 2 aromatic rings. The lowest BCUT2D eigenvalue weighted by atomic mass is 10.2. The molecule has 2 rings (SSSR count). The van der Waals surface area contributed by atoms with Gasteiger partial charge in [-0.3, -0.25) is 4.68 Å². The van der Waals surface area contributed by atoms with Crippen LogP contribution in [0.1, 0.15) is 12.0 Å². The molecule has 96 valence electrons. The second-order valence-corrected chi connectivity index (χ2v) is 4.55. The van der Waals surface area contributed by atoms with Gasteiger partial charge in [0.05, 0.1) is 11.6 Å². The summed E-state index contributed by atoms with van der Waals surface area (Å²) in [7, 11) is 0. The highest BCUT2D eigenvalue weighted by molar-refractivity contribution is 6.32. The Morgan fingerprint density at radius 1 is 1.39 bits per heavy atom. The summed E-state index contributed by atoms with van der Waals surface area (Å²) in [6, 6.07) is 7.54. The lowest BCUT2D eigenvalue weighted by Gasteiger charge is -2.08. The second-order valence-electron chi connectivity index (χ2n) is 4.14. The van der Waals surface area contributed by atoms with Crippen molar-refractivity contribution in [1.29, 1.82) is 0 Å². The summed E-state index contributed by atoms with van der Waals surface area (Å²) in [5.41, 5.74) is 6.65. The predicted molar refractivity (Wildman–Crippen MR) is 72.9 cm³/mol. The molecular weight excluding hydrogens is 250 g/mol. The first kappa shape index (κ1) is 12.8. The highest BCUT2D eigenvalue weighted by atomic mass is 35.5. The Bertz CT molecular complexity index is 525. The first-order valence-corrected chi connectivity index (χ1v) is 6.21. The van der Waals surface area contributed by atoms with Crippen molar-refractivity contribution in [3.63, 3.8) is 0 Å². The smallest absolute Gasteiger partial charge is 0.145 e. The molecule has 0 spiro atoms. The summed E-state index contributed by atoms with van der Waals surface area (Å²) >= 11 is 6.07. The highest BCUT2D eigenvalue weighted by Crippen LogP contribution is 2.25. The molecule has 1 heterocycles. The van der Waals surface area contributed by atoms with Crippen molar-refractivity contribution in [3.05, 3.63) is 41.0 Å². The number of anilines is 1. The van der Waals surface area contributed by atoms with E-state index in [4.69, 9.17) is 22.1 Å². The van der Waals surface area contributed by atoms with Crippen LogP contribution in [0, 0.1) is 6.92 Å². The Labute approximate surface area is 111 Å². The maximum absolute atomic E-state index is 6.07. The van der Waals surface area contributed by atoms with Gasteiger partial charge in [0.25, 0.3) is 0 Å².